The molecule has 1 saturated heterocycles. The van der Waals surface area contributed by atoms with E-state index in [1.165, 1.54) is 29.7 Å². The highest BCUT2D eigenvalue weighted by Gasteiger charge is 2.56. The van der Waals surface area contributed by atoms with Crippen LogP contribution >= 0.6 is 0 Å². The number of hydrogen-bond donors (Lipinski definition) is 0. The van der Waals surface area contributed by atoms with Crippen LogP contribution in [0.25, 0.3) is 0 Å². The van der Waals surface area contributed by atoms with E-state index in [2.05, 4.69) is 103 Å². The molecule has 1 fully saturated rings. The summed E-state index contributed by atoms with van der Waals surface area (Å²) in [4.78, 5) is 2.79. The van der Waals surface area contributed by atoms with Crippen LogP contribution in [-0.4, -0.2) is 12.1 Å². The monoisotopic (exact) mass is 389 g/mol. The molecular formula is C28H39N. The number of anilines is 1. The van der Waals surface area contributed by atoms with E-state index in [1.54, 1.807) is 11.1 Å². The van der Waals surface area contributed by atoms with E-state index in [4.69, 9.17) is 0 Å². The Kier molecular flexibility index (Phi) is 4.68. The first-order valence-corrected chi connectivity index (χ1v) is 11.5. The fourth-order valence-corrected chi connectivity index (χ4v) is 6.57. The van der Waals surface area contributed by atoms with Crippen molar-refractivity contribution in [1.29, 1.82) is 0 Å². The van der Waals surface area contributed by atoms with E-state index in [0.29, 0.717) is 11.8 Å². The van der Waals surface area contributed by atoms with E-state index in [-0.39, 0.29) is 16.4 Å². The third-order valence-electron chi connectivity index (χ3n) is 7.58. The third-order valence-corrected chi connectivity index (χ3v) is 7.58. The summed E-state index contributed by atoms with van der Waals surface area (Å²) >= 11 is 0. The molecule has 0 unspecified atom stereocenters. The fourth-order valence-electron chi connectivity index (χ4n) is 6.57. The molecule has 2 aromatic rings. The molecule has 1 heterocycles. The lowest BCUT2D eigenvalue weighted by Crippen LogP contribution is -2.39. The van der Waals surface area contributed by atoms with Crippen molar-refractivity contribution < 1.29 is 0 Å². The largest absolute Gasteiger partial charge is 0.365 e. The number of fused-ring (bicyclic) bond motifs is 2. The van der Waals surface area contributed by atoms with Crippen LogP contribution in [0.5, 0.6) is 0 Å². The zero-order valence-electron chi connectivity index (χ0n) is 19.8. The molecule has 2 aromatic carbocycles. The van der Waals surface area contributed by atoms with Gasteiger partial charge in [0, 0.05) is 23.2 Å². The van der Waals surface area contributed by atoms with Crippen LogP contribution in [0.4, 0.5) is 5.69 Å². The maximum atomic E-state index is 2.79. The predicted molar refractivity (Wildman–Crippen MR) is 126 cm³/mol. The van der Waals surface area contributed by atoms with Crippen LogP contribution in [0.1, 0.15) is 102 Å². The number of nitrogens with zero attached hydrogens (tertiary/aromatic N) is 1. The zero-order valence-corrected chi connectivity index (χ0v) is 19.8. The maximum Gasteiger partial charge on any atom is 0.0441 e. The number of hydrogen-bond acceptors (Lipinski definition) is 1. The van der Waals surface area contributed by atoms with Gasteiger partial charge in [0.1, 0.15) is 0 Å². The molecule has 1 spiro atoms. The molecule has 0 N–H and O–H groups in total. The summed E-state index contributed by atoms with van der Waals surface area (Å²) in [5.74, 6) is 1.06. The molecule has 1 aliphatic carbocycles. The summed E-state index contributed by atoms with van der Waals surface area (Å²) < 4.78 is 0. The topological polar surface area (TPSA) is 3.24 Å². The molecule has 1 heteroatoms. The van der Waals surface area contributed by atoms with Crippen molar-refractivity contribution in [3.63, 3.8) is 0 Å². The number of benzene rings is 2. The van der Waals surface area contributed by atoms with Crippen LogP contribution in [0, 0.1) is 0 Å². The second-order valence-corrected chi connectivity index (χ2v) is 11.6. The SMILES string of the molecule is CC(C)c1cccc(C(C)C)c1N1C[C@]2(CC(C)(C)c3ccccc32)CC1(C)C. The fraction of sp³-hybridized carbons (Fsp3) is 0.571. The van der Waals surface area contributed by atoms with E-state index in [0.717, 1.165) is 6.54 Å². The van der Waals surface area contributed by atoms with Crippen molar-refractivity contribution >= 4 is 5.69 Å². The molecule has 29 heavy (non-hydrogen) atoms. The van der Waals surface area contributed by atoms with Gasteiger partial charge < -0.3 is 4.90 Å². The Morgan fingerprint density at radius 1 is 0.724 bits per heavy atom. The minimum absolute atomic E-state index is 0.141. The van der Waals surface area contributed by atoms with E-state index in [1.807, 2.05) is 0 Å². The summed E-state index contributed by atoms with van der Waals surface area (Å²) in [6.45, 7) is 20.3. The molecule has 156 valence electrons. The van der Waals surface area contributed by atoms with Crippen LogP contribution in [0.3, 0.4) is 0 Å². The minimum Gasteiger partial charge on any atom is -0.365 e. The van der Waals surface area contributed by atoms with Crippen LogP contribution in [-0.2, 0) is 10.8 Å². The smallest absolute Gasteiger partial charge is 0.0441 e. The molecule has 0 bridgehead atoms. The first-order valence-electron chi connectivity index (χ1n) is 11.5. The van der Waals surface area contributed by atoms with Gasteiger partial charge in [0.2, 0.25) is 0 Å². The van der Waals surface area contributed by atoms with Crippen LogP contribution < -0.4 is 4.90 Å². The quantitative estimate of drug-likeness (QED) is 0.524. The van der Waals surface area contributed by atoms with Gasteiger partial charge in [-0.1, -0.05) is 84.0 Å². The molecule has 0 saturated carbocycles. The lowest BCUT2D eigenvalue weighted by atomic mass is 9.75. The van der Waals surface area contributed by atoms with Gasteiger partial charge in [-0.05, 0) is 66.2 Å². The van der Waals surface area contributed by atoms with Crippen molar-refractivity contribution in [2.24, 2.45) is 0 Å². The van der Waals surface area contributed by atoms with Crippen molar-refractivity contribution in [3.05, 3.63) is 64.7 Å². The highest BCUT2D eigenvalue weighted by Crippen LogP contribution is 2.58. The molecule has 4 rings (SSSR count). The Balaban J connectivity index is 1.88. The Morgan fingerprint density at radius 3 is 1.83 bits per heavy atom. The zero-order chi connectivity index (χ0) is 21.2. The molecule has 2 aliphatic rings. The second-order valence-electron chi connectivity index (χ2n) is 11.6. The van der Waals surface area contributed by atoms with Crippen molar-refractivity contribution in [1.82, 2.24) is 0 Å². The molecule has 0 radical (unpaired) electrons. The van der Waals surface area contributed by atoms with E-state index < -0.39 is 0 Å². The van der Waals surface area contributed by atoms with Gasteiger partial charge in [-0.2, -0.15) is 0 Å². The molecular weight excluding hydrogens is 350 g/mol. The average Bonchev–Trinajstić information content (AvgIpc) is 3.03. The van der Waals surface area contributed by atoms with Gasteiger partial charge in [-0.3, -0.25) is 0 Å². The van der Waals surface area contributed by atoms with Gasteiger partial charge in [-0.25, -0.2) is 0 Å². The van der Waals surface area contributed by atoms with Gasteiger partial charge in [0.15, 0.2) is 0 Å². The summed E-state index contributed by atoms with van der Waals surface area (Å²) in [6, 6.07) is 16.3. The normalized spacial score (nSPS) is 24.7. The molecule has 0 amide bonds. The van der Waals surface area contributed by atoms with Gasteiger partial charge in [-0.15, -0.1) is 0 Å². The van der Waals surface area contributed by atoms with Crippen molar-refractivity contribution in [3.8, 4) is 0 Å². The minimum atomic E-state index is 0.141. The standard InChI is InChI=1S/C28H39N/c1-19(2)21-12-11-13-22(20(3)4)25(21)29-18-28(17-27(29,7)8)16-26(5,6)23-14-9-10-15-24(23)28/h9-15,19-20H,16-18H2,1-8H3/t28-/m0/s1. The Labute approximate surface area is 178 Å². The second kappa shape index (κ2) is 6.62. The molecule has 1 aliphatic heterocycles. The summed E-state index contributed by atoms with van der Waals surface area (Å²) in [5, 5.41) is 0. The molecule has 1 nitrogen and oxygen atoms in total. The van der Waals surface area contributed by atoms with E-state index >= 15 is 0 Å². The van der Waals surface area contributed by atoms with Gasteiger partial charge in [0.05, 0.1) is 0 Å². The Hall–Kier alpha value is -1.76. The van der Waals surface area contributed by atoms with Crippen LogP contribution in [0.15, 0.2) is 42.5 Å². The summed E-state index contributed by atoms with van der Waals surface area (Å²) in [7, 11) is 0. The average molecular weight is 390 g/mol. The molecule has 0 aromatic heterocycles. The lowest BCUT2D eigenvalue weighted by Gasteiger charge is -2.38. The predicted octanol–water partition coefficient (Wildman–Crippen LogP) is 7.54. The molecule has 1 atom stereocenters. The van der Waals surface area contributed by atoms with Crippen LogP contribution in [0.2, 0.25) is 0 Å². The Morgan fingerprint density at radius 2 is 1.28 bits per heavy atom. The van der Waals surface area contributed by atoms with Crippen molar-refractivity contribution in [2.75, 3.05) is 11.4 Å². The van der Waals surface area contributed by atoms with E-state index in [9.17, 15) is 0 Å². The first-order chi connectivity index (χ1) is 13.5. The highest BCUT2D eigenvalue weighted by molar-refractivity contribution is 5.66. The number of para-hydroxylation sites is 1. The highest BCUT2D eigenvalue weighted by atomic mass is 15.2. The summed E-state index contributed by atoms with van der Waals surface area (Å²) in [6.07, 6.45) is 2.48. The van der Waals surface area contributed by atoms with Gasteiger partial charge in [0.25, 0.3) is 0 Å². The summed E-state index contributed by atoms with van der Waals surface area (Å²) in [5.41, 5.74) is 8.35. The third kappa shape index (κ3) is 3.13. The number of rotatable bonds is 3. The Bertz CT molecular complexity index is 891. The maximum absolute atomic E-state index is 2.79. The lowest BCUT2D eigenvalue weighted by molar-refractivity contribution is 0.353. The van der Waals surface area contributed by atoms with Crippen molar-refractivity contribution in [2.45, 2.75) is 96.4 Å². The first kappa shape index (κ1) is 20.5. The van der Waals surface area contributed by atoms with Gasteiger partial charge >= 0.3 is 0 Å².